The lowest BCUT2D eigenvalue weighted by Gasteiger charge is -2.32. The van der Waals surface area contributed by atoms with Gasteiger partial charge in [-0.15, -0.1) is 0 Å². The number of halogens is 6. The van der Waals surface area contributed by atoms with E-state index in [0.717, 1.165) is 49.9 Å². The highest BCUT2D eigenvalue weighted by atomic mass is 32.2. The third-order valence-electron chi connectivity index (χ3n) is 10.8. The second-order valence-electron chi connectivity index (χ2n) is 17.1. The van der Waals surface area contributed by atoms with Crippen molar-refractivity contribution in [1.29, 1.82) is 0 Å². The first-order chi connectivity index (χ1) is 30.2. The molecule has 0 radical (unpaired) electrons. The molecular weight excluding hydrogens is 903 g/mol. The van der Waals surface area contributed by atoms with Crippen LogP contribution in [0.5, 0.6) is 0 Å². The summed E-state index contributed by atoms with van der Waals surface area (Å²) in [6, 6.07) is 15.6. The molecular formula is C45H52F6N4O8S2. The van der Waals surface area contributed by atoms with Gasteiger partial charge in [-0.05, 0) is 115 Å². The standard InChI is InChI=1S/C23H27F3N2O4S.C22H25F3N2O4S/c1-15(2)12-22(30,23(24,25)26)18-6-8-19(9-7-18)28-20(29)11-17-5-10-21(27-13-17)33(31,32)14-16-3-4-16;1-2-11-21(29,22(23,24)25)17-6-8-18(9-7-17)27-19(28)12-16-5-10-20(26-13-16)32(30,31)14-15-3-4-15/h5-10,13,15-16,30H,3-4,11-12,14H2,1-2H3,(H,28,29);5-10,13,15,29H,2-4,11-12,14H2,1H3,(H,27,28). The van der Waals surface area contributed by atoms with E-state index in [1.807, 2.05) is 0 Å². The van der Waals surface area contributed by atoms with Crippen LogP contribution in [0, 0.1) is 17.8 Å². The van der Waals surface area contributed by atoms with Crippen molar-refractivity contribution < 1.29 is 63.0 Å². The lowest BCUT2D eigenvalue weighted by atomic mass is 9.85. The van der Waals surface area contributed by atoms with Crippen molar-refractivity contribution in [1.82, 2.24) is 9.97 Å². The summed E-state index contributed by atoms with van der Waals surface area (Å²) in [5.74, 6) is -0.702. The van der Waals surface area contributed by atoms with E-state index in [0.29, 0.717) is 11.1 Å². The van der Waals surface area contributed by atoms with Gasteiger partial charge in [0.2, 0.25) is 11.8 Å². The summed E-state index contributed by atoms with van der Waals surface area (Å²) < 4.78 is 129. The van der Waals surface area contributed by atoms with Crippen LogP contribution >= 0.6 is 0 Å². The Morgan fingerprint density at radius 1 is 0.631 bits per heavy atom. The number of pyridine rings is 2. The molecule has 2 aliphatic rings. The number of carbonyl (C=O) groups is 2. The number of aliphatic hydroxyl groups is 2. The van der Waals surface area contributed by atoms with Crippen LogP contribution in [0.3, 0.4) is 0 Å². The van der Waals surface area contributed by atoms with Crippen LogP contribution in [-0.4, -0.2) is 72.7 Å². The Labute approximate surface area is 374 Å². The van der Waals surface area contributed by atoms with Gasteiger partial charge in [0.25, 0.3) is 0 Å². The summed E-state index contributed by atoms with van der Waals surface area (Å²) in [5.41, 5.74) is -4.97. The third-order valence-corrected chi connectivity index (χ3v) is 14.4. The molecule has 65 heavy (non-hydrogen) atoms. The Morgan fingerprint density at radius 3 is 1.29 bits per heavy atom. The quantitative estimate of drug-likeness (QED) is 0.0707. The predicted molar refractivity (Wildman–Crippen MR) is 230 cm³/mol. The van der Waals surface area contributed by atoms with E-state index in [-0.39, 0.29) is 81.1 Å². The second kappa shape index (κ2) is 20.3. The largest absolute Gasteiger partial charge is 0.421 e. The van der Waals surface area contributed by atoms with Gasteiger partial charge in [0, 0.05) is 23.8 Å². The number of amides is 2. The Bertz CT molecular complexity index is 2480. The molecule has 2 atom stereocenters. The molecule has 2 aromatic heterocycles. The van der Waals surface area contributed by atoms with Gasteiger partial charge in [0.1, 0.15) is 0 Å². The van der Waals surface area contributed by atoms with Gasteiger partial charge in [0.15, 0.2) is 40.9 Å². The molecule has 12 nitrogen and oxygen atoms in total. The van der Waals surface area contributed by atoms with Crippen LogP contribution in [0.1, 0.15) is 88.0 Å². The van der Waals surface area contributed by atoms with Crippen LogP contribution in [0.4, 0.5) is 37.7 Å². The Balaban J connectivity index is 0.000000244. The van der Waals surface area contributed by atoms with E-state index in [2.05, 4.69) is 20.6 Å². The van der Waals surface area contributed by atoms with Crippen molar-refractivity contribution in [2.45, 2.75) is 112 Å². The van der Waals surface area contributed by atoms with Gasteiger partial charge in [-0.2, -0.15) is 26.3 Å². The molecule has 2 heterocycles. The minimum absolute atomic E-state index is 0.0200. The Kier molecular flexibility index (Phi) is 16.0. The van der Waals surface area contributed by atoms with Crippen LogP contribution in [-0.2, 0) is 53.3 Å². The fourth-order valence-corrected chi connectivity index (χ4v) is 10.2. The maximum Gasteiger partial charge on any atom is 0.421 e. The van der Waals surface area contributed by atoms with Crippen LogP contribution < -0.4 is 10.6 Å². The van der Waals surface area contributed by atoms with Crippen molar-refractivity contribution in [3.63, 3.8) is 0 Å². The van der Waals surface area contributed by atoms with Crippen molar-refractivity contribution in [3.05, 3.63) is 107 Å². The number of anilines is 2. The maximum atomic E-state index is 13.5. The zero-order valence-electron chi connectivity index (χ0n) is 35.9. The van der Waals surface area contributed by atoms with Gasteiger partial charge < -0.3 is 20.8 Å². The number of alkyl halides is 6. The molecule has 2 fully saturated rings. The highest BCUT2D eigenvalue weighted by Gasteiger charge is 2.55. The van der Waals surface area contributed by atoms with Crippen molar-refractivity contribution >= 4 is 42.9 Å². The van der Waals surface area contributed by atoms with Crippen LogP contribution in [0.25, 0.3) is 0 Å². The first-order valence-corrected chi connectivity index (χ1v) is 24.3. The number of aromatic nitrogens is 2. The van der Waals surface area contributed by atoms with Crippen molar-refractivity contribution in [2.75, 3.05) is 22.1 Å². The van der Waals surface area contributed by atoms with Crippen LogP contribution in [0.15, 0.2) is 95.2 Å². The van der Waals surface area contributed by atoms with E-state index < -0.39 is 67.9 Å². The highest BCUT2D eigenvalue weighted by molar-refractivity contribution is 7.91. The number of sulfone groups is 2. The van der Waals surface area contributed by atoms with Crippen molar-refractivity contribution in [3.8, 4) is 0 Å². The first-order valence-electron chi connectivity index (χ1n) is 21.0. The molecule has 2 unspecified atom stereocenters. The van der Waals surface area contributed by atoms with Gasteiger partial charge in [-0.3, -0.25) is 9.59 Å². The molecule has 2 aromatic carbocycles. The topological polar surface area (TPSA) is 193 Å². The van der Waals surface area contributed by atoms with E-state index in [1.165, 1.54) is 60.9 Å². The number of hydrogen-bond acceptors (Lipinski definition) is 10. The van der Waals surface area contributed by atoms with Gasteiger partial charge in [-0.1, -0.05) is 63.6 Å². The lowest BCUT2D eigenvalue weighted by molar-refractivity contribution is -0.272. The smallest absolute Gasteiger partial charge is 0.376 e. The third kappa shape index (κ3) is 13.8. The maximum absolute atomic E-state index is 13.5. The molecule has 20 heteroatoms. The number of rotatable bonds is 18. The second-order valence-corrected chi connectivity index (χ2v) is 21.1. The fourth-order valence-electron chi connectivity index (χ4n) is 7.00. The van der Waals surface area contributed by atoms with Gasteiger partial charge in [-0.25, -0.2) is 26.8 Å². The van der Waals surface area contributed by atoms with Gasteiger partial charge in [0.05, 0.1) is 24.3 Å². The summed E-state index contributed by atoms with van der Waals surface area (Å²) >= 11 is 0. The minimum Gasteiger partial charge on any atom is -0.376 e. The lowest BCUT2D eigenvalue weighted by Crippen LogP contribution is -2.43. The molecule has 4 N–H and O–H groups in total. The molecule has 0 saturated heterocycles. The monoisotopic (exact) mass is 954 g/mol. The predicted octanol–water partition coefficient (Wildman–Crippen LogP) is 8.24. The van der Waals surface area contributed by atoms with E-state index in [4.69, 9.17) is 0 Å². The number of nitrogens with zero attached hydrogens (tertiary/aromatic N) is 2. The normalized spacial score (nSPS) is 16.4. The average molecular weight is 955 g/mol. The molecule has 0 bridgehead atoms. The summed E-state index contributed by atoms with van der Waals surface area (Å²) in [4.78, 5) is 32.5. The van der Waals surface area contributed by atoms with E-state index >= 15 is 0 Å². The number of carbonyl (C=O) groups excluding carboxylic acids is 2. The Hall–Kier alpha value is -4.92. The average Bonchev–Trinajstić information content (AvgIpc) is 4.16. The summed E-state index contributed by atoms with van der Waals surface area (Å²) in [6.45, 7) is 4.74. The van der Waals surface area contributed by atoms with E-state index in [9.17, 15) is 63.0 Å². The number of hydrogen-bond donors (Lipinski definition) is 4. The minimum atomic E-state index is -4.84. The zero-order chi connectivity index (χ0) is 48.0. The summed E-state index contributed by atoms with van der Waals surface area (Å²) in [7, 11) is -6.87. The molecule has 2 aliphatic carbocycles. The SMILES string of the molecule is CC(C)CC(O)(c1ccc(NC(=O)Cc2ccc(S(=O)(=O)CC3CC3)nc2)cc1)C(F)(F)F.CCCC(O)(c1ccc(NC(=O)Cc2ccc(S(=O)(=O)CC3CC3)nc2)cc1)C(F)(F)F. The highest BCUT2D eigenvalue weighted by Crippen LogP contribution is 2.44. The summed E-state index contributed by atoms with van der Waals surface area (Å²) in [6.07, 6.45) is -4.35. The molecule has 354 valence electrons. The fraction of sp³-hybridized carbons (Fsp3) is 0.467. The molecule has 2 saturated carbocycles. The molecule has 0 aliphatic heterocycles. The first kappa shape index (κ1) is 51.1. The van der Waals surface area contributed by atoms with Crippen LogP contribution in [0.2, 0.25) is 0 Å². The zero-order valence-corrected chi connectivity index (χ0v) is 37.5. The number of benzene rings is 2. The number of nitrogens with one attached hydrogen (secondary N) is 2. The van der Waals surface area contributed by atoms with Gasteiger partial charge >= 0.3 is 12.4 Å². The Morgan fingerprint density at radius 2 is 1.00 bits per heavy atom. The molecule has 4 aromatic rings. The molecule has 6 rings (SSSR count). The molecule has 0 spiro atoms. The van der Waals surface area contributed by atoms with Crippen molar-refractivity contribution in [2.24, 2.45) is 17.8 Å². The molecule has 2 amide bonds. The van der Waals surface area contributed by atoms with E-state index in [1.54, 1.807) is 20.8 Å². The summed E-state index contributed by atoms with van der Waals surface area (Å²) in [5, 5.41) is 25.6.